The second-order valence-corrected chi connectivity index (χ2v) is 8.63. The largest absolute Gasteiger partial charge is 0.493 e. The molecule has 1 N–H and O–H groups in total. The zero-order valence-electron chi connectivity index (χ0n) is 17.6. The fraction of sp³-hybridized carbons (Fsp3) is 0.280. The highest BCUT2D eigenvalue weighted by atomic mass is 35.5. The SMILES string of the molecule is COc1cc(CN[C@@H](C)CCc2ccccc2)cc(Cl)c1OCc1c(Cl)cccc1Cl. The lowest BCUT2D eigenvalue weighted by Gasteiger charge is -2.17. The Morgan fingerprint density at radius 1 is 0.871 bits per heavy atom. The number of benzene rings is 3. The van der Waals surface area contributed by atoms with Gasteiger partial charge in [0.1, 0.15) is 6.61 Å². The van der Waals surface area contributed by atoms with E-state index >= 15 is 0 Å². The number of hydrogen-bond donors (Lipinski definition) is 1. The van der Waals surface area contributed by atoms with E-state index in [0.717, 1.165) is 18.4 Å². The Bertz CT molecular complexity index is 975. The van der Waals surface area contributed by atoms with E-state index < -0.39 is 0 Å². The lowest BCUT2D eigenvalue weighted by molar-refractivity contribution is 0.284. The van der Waals surface area contributed by atoms with Gasteiger partial charge in [-0.05, 0) is 55.2 Å². The summed E-state index contributed by atoms with van der Waals surface area (Å²) in [6.07, 6.45) is 2.09. The molecule has 6 heteroatoms. The summed E-state index contributed by atoms with van der Waals surface area (Å²) < 4.78 is 11.5. The third-order valence-corrected chi connectivity index (χ3v) is 6.06. The van der Waals surface area contributed by atoms with Crippen molar-refractivity contribution < 1.29 is 9.47 Å². The van der Waals surface area contributed by atoms with Crippen molar-refractivity contribution >= 4 is 34.8 Å². The van der Waals surface area contributed by atoms with Crippen LogP contribution in [0.1, 0.15) is 30.0 Å². The van der Waals surface area contributed by atoms with E-state index in [-0.39, 0.29) is 6.61 Å². The Labute approximate surface area is 199 Å². The highest BCUT2D eigenvalue weighted by Gasteiger charge is 2.15. The summed E-state index contributed by atoms with van der Waals surface area (Å²) in [7, 11) is 1.60. The molecule has 3 rings (SSSR count). The first-order valence-corrected chi connectivity index (χ1v) is 11.3. The maximum absolute atomic E-state index is 6.52. The van der Waals surface area contributed by atoms with Crippen LogP contribution in [0.15, 0.2) is 60.7 Å². The Kier molecular flexibility index (Phi) is 8.91. The van der Waals surface area contributed by atoms with Crippen LogP contribution in [0, 0.1) is 0 Å². The second kappa shape index (κ2) is 11.6. The standard InChI is InChI=1S/C25H26Cl3NO2/c1-17(11-12-18-7-4-3-5-8-18)29-15-19-13-23(28)25(24(14-19)30-2)31-16-20-21(26)9-6-10-22(20)27/h3-10,13-14,17,29H,11-12,15-16H2,1-2H3/t17-/m0/s1. The lowest BCUT2D eigenvalue weighted by Crippen LogP contribution is -2.26. The van der Waals surface area contributed by atoms with Gasteiger partial charge in [0.15, 0.2) is 11.5 Å². The summed E-state index contributed by atoms with van der Waals surface area (Å²) in [5, 5.41) is 5.13. The smallest absolute Gasteiger partial charge is 0.180 e. The van der Waals surface area contributed by atoms with Crippen LogP contribution in [0.25, 0.3) is 0 Å². The average Bonchev–Trinajstić information content (AvgIpc) is 2.77. The summed E-state index contributed by atoms with van der Waals surface area (Å²) >= 11 is 19.0. The molecular weight excluding hydrogens is 453 g/mol. The summed E-state index contributed by atoms with van der Waals surface area (Å²) in [5.74, 6) is 1.05. The van der Waals surface area contributed by atoms with Crippen LogP contribution in [0.3, 0.4) is 0 Å². The third kappa shape index (κ3) is 6.78. The first-order valence-electron chi connectivity index (χ1n) is 10.2. The van der Waals surface area contributed by atoms with Gasteiger partial charge in [-0.25, -0.2) is 0 Å². The maximum Gasteiger partial charge on any atom is 0.180 e. The highest BCUT2D eigenvalue weighted by Crippen LogP contribution is 2.38. The quantitative estimate of drug-likeness (QED) is 0.330. The minimum Gasteiger partial charge on any atom is -0.493 e. The third-order valence-electron chi connectivity index (χ3n) is 5.08. The molecule has 0 saturated carbocycles. The Balaban J connectivity index is 1.61. The van der Waals surface area contributed by atoms with E-state index in [2.05, 4.69) is 36.5 Å². The van der Waals surface area contributed by atoms with Gasteiger partial charge in [0.2, 0.25) is 0 Å². The number of rotatable bonds is 10. The Morgan fingerprint density at radius 2 is 1.58 bits per heavy atom. The first kappa shape index (κ1) is 23.7. The molecule has 0 aliphatic heterocycles. The van der Waals surface area contributed by atoms with Crippen molar-refractivity contribution in [3.05, 3.63) is 92.4 Å². The zero-order chi connectivity index (χ0) is 22.2. The molecule has 0 amide bonds. The minimum absolute atomic E-state index is 0.197. The molecule has 164 valence electrons. The topological polar surface area (TPSA) is 30.5 Å². The van der Waals surface area contributed by atoms with E-state index in [1.54, 1.807) is 25.3 Å². The Morgan fingerprint density at radius 3 is 2.26 bits per heavy atom. The molecule has 0 fully saturated rings. The van der Waals surface area contributed by atoms with Gasteiger partial charge in [-0.2, -0.15) is 0 Å². The molecule has 3 aromatic rings. The van der Waals surface area contributed by atoms with Crippen molar-refractivity contribution in [1.29, 1.82) is 0 Å². The molecule has 0 saturated heterocycles. The summed E-state index contributed by atoms with van der Waals surface area (Å²) in [4.78, 5) is 0. The zero-order valence-corrected chi connectivity index (χ0v) is 19.9. The van der Waals surface area contributed by atoms with Crippen molar-refractivity contribution in [3.63, 3.8) is 0 Å². The molecule has 31 heavy (non-hydrogen) atoms. The Hall–Kier alpha value is -1.91. The first-order chi connectivity index (χ1) is 15.0. The molecule has 0 aliphatic carbocycles. The lowest BCUT2D eigenvalue weighted by atomic mass is 10.1. The number of hydrogen-bond acceptors (Lipinski definition) is 3. The van der Waals surface area contributed by atoms with Gasteiger partial charge in [-0.3, -0.25) is 0 Å². The maximum atomic E-state index is 6.52. The number of ether oxygens (including phenoxy) is 2. The predicted octanol–water partition coefficient (Wildman–Crippen LogP) is 7.35. The molecule has 0 bridgehead atoms. The van der Waals surface area contributed by atoms with E-state index in [1.165, 1.54) is 5.56 Å². The fourth-order valence-electron chi connectivity index (χ4n) is 3.25. The van der Waals surface area contributed by atoms with Crippen LogP contribution < -0.4 is 14.8 Å². The summed E-state index contributed by atoms with van der Waals surface area (Å²) in [6.45, 7) is 3.07. The molecule has 3 nitrogen and oxygen atoms in total. The second-order valence-electron chi connectivity index (χ2n) is 7.40. The van der Waals surface area contributed by atoms with Crippen molar-refractivity contribution in [3.8, 4) is 11.5 Å². The summed E-state index contributed by atoms with van der Waals surface area (Å²) in [5.41, 5.74) is 3.08. The predicted molar refractivity (Wildman–Crippen MR) is 130 cm³/mol. The van der Waals surface area contributed by atoms with Crippen molar-refractivity contribution in [2.24, 2.45) is 0 Å². The monoisotopic (exact) mass is 477 g/mol. The van der Waals surface area contributed by atoms with E-state index in [1.807, 2.05) is 18.2 Å². The van der Waals surface area contributed by atoms with Gasteiger partial charge >= 0.3 is 0 Å². The van der Waals surface area contributed by atoms with E-state index in [4.69, 9.17) is 44.3 Å². The van der Waals surface area contributed by atoms with E-state index in [0.29, 0.717) is 44.7 Å². The molecule has 1 atom stereocenters. The highest BCUT2D eigenvalue weighted by molar-refractivity contribution is 6.36. The van der Waals surface area contributed by atoms with Gasteiger partial charge in [-0.15, -0.1) is 0 Å². The molecule has 0 aliphatic rings. The number of halogens is 3. The molecule has 3 aromatic carbocycles. The molecule has 0 aromatic heterocycles. The van der Waals surface area contributed by atoms with Gasteiger partial charge in [0.05, 0.1) is 12.1 Å². The van der Waals surface area contributed by atoms with Gasteiger partial charge in [0, 0.05) is 28.2 Å². The van der Waals surface area contributed by atoms with Crippen LogP contribution in [0.5, 0.6) is 11.5 Å². The van der Waals surface area contributed by atoms with Crippen LogP contribution in [0.2, 0.25) is 15.1 Å². The molecule has 0 spiro atoms. The van der Waals surface area contributed by atoms with Crippen LogP contribution >= 0.6 is 34.8 Å². The van der Waals surface area contributed by atoms with Gasteiger partial charge < -0.3 is 14.8 Å². The van der Waals surface area contributed by atoms with Crippen LogP contribution in [0.4, 0.5) is 0 Å². The molecule has 0 unspecified atom stereocenters. The number of methoxy groups -OCH3 is 1. The summed E-state index contributed by atoms with van der Waals surface area (Å²) in [6, 6.07) is 20.0. The fourth-order valence-corrected chi connectivity index (χ4v) is 4.05. The average molecular weight is 479 g/mol. The van der Waals surface area contributed by atoms with Gasteiger partial charge in [-0.1, -0.05) is 71.2 Å². The number of aryl methyl sites for hydroxylation is 1. The van der Waals surface area contributed by atoms with Crippen molar-refractivity contribution in [1.82, 2.24) is 5.32 Å². The van der Waals surface area contributed by atoms with Gasteiger partial charge in [0.25, 0.3) is 0 Å². The molecule has 0 heterocycles. The van der Waals surface area contributed by atoms with Crippen molar-refractivity contribution in [2.45, 2.75) is 39.0 Å². The number of nitrogens with one attached hydrogen (secondary N) is 1. The van der Waals surface area contributed by atoms with Crippen LogP contribution in [-0.4, -0.2) is 13.2 Å². The van der Waals surface area contributed by atoms with E-state index in [9.17, 15) is 0 Å². The normalized spacial score (nSPS) is 11.9. The van der Waals surface area contributed by atoms with Crippen molar-refractivity contribution in [2.75, 3.05) is 7.11 Å². The minimum atomic E-state index is 0.197. The van der Waals surface area contributed by atoms with Crippen LogP contribution in [-0.2, 0) is 19.6 Å². The molecular formula is C25H26Cl3NO2. The molecule has 0 radical (unpaired) electrons.